The van der Waals surface area contributed by atoms with Gasteiger partial charge < -0.3 is 4.74 Å². The van der Waals surface area contributed by atoms with Gasteiger partial charge in [-0.15, -0.1) is 5.10 Å². The molecule has 0 bridgehead atoms. The summed E-state index contributed by atoms with van der Waals surface area (Å²) in [6.45, 7) is -0.760. The number of hydrogen-bond acceptors (Lipinski definition) is 5. The van der Waals surface area contributed by atoms with Gasteiger partial charge in [-0.2, -0.15) is 13.2 Å². The van der Waals surface area contributed by atoms with Crippen molar-refractivity contribution < 1.29 is 17.9 Å². The number of rotatable bonds is 7. The Labute approximate surface area is 152 Å². The molecule has 1 heterocycles. The lowest BCUT2D eigenvalue weighted by Gasteiger charge is -2.09. The summed E-state index contributed by atoms with van der Waals surface area (Å²) < 4.78 is 44.0. The molecule has 1 aromatic heterocycles. The highest BCUT2D eigenvalue weighted by molar-refractivity contribution is 7.98. The molecule has 0 radical (unpaired) electrons. The van der Waals surface area contributed by atoms with Gasteiger partial charge in [0.2, 0.25) is 5.16 Å². The molecule has 3 rings (SSSR count). The lowest BCUT2D eigenvalue weighted by molar-refractivity contribution is -0.144. The zero-order valence-electron chi connectivity index (χ0n) is 13.6. The quantitative estimate of drug-likeness (QED) is 0.578. The van der Waals surface area contributed by atoms with Crippen molar-refractivity contribution >= 4 is 11.8 Å². The van der Waals surface area contributed by atoms with Crippen molar-refractivity contribution in [1.29, 1.82) is 0 Å². The van der Waals surface area contributed by atoms with E-state index in [4.69, 9.17) is 4.74 Å². The fourth-order valence-corrected chi connectivity index (χ4v) is 3.00. The number of tetrazole rings is 1. The van der Waals surface area contributed by atoms with Crippen LogP contribution in [0.1, 0.15) is 11.1 Å². The predicted molar refractivity (Wildman–Crippen MR) is 90.6 cm³/mol. The van der Waals surface area contributed by atoms with E-state index in [9.17, 15) is 13.2 Å². The molecule has 0 aliphatic rings. The lowest BCUT2D eigenvalue weighted by Crippen LogP contribution is -2.19. The molecule has 0 N–H and O–H groups in total. The number of aromatic nitrogens is 4. The largest absolute Gasteiger partial charge is 0.489 e. The Kier molecular flexibility index (Phi) is 5.77. The third-order valence-corrected chi connectivity index (χ3v) is 4.37. The van der Waals surface area contributed by atoms with Gasteiger partial charge in [0.15, 0.2) is 0 Å². The first-order valence-corrected chi connectivity index (χ1v) is 8.69. The van der Waals surface area contributed by atoms with Gasteiger partial charge in [0.05, 0.1) is 0 Å². The van der Waals surface area contributed by atoms with E-state index < -0.39 is 12.7 Å². The Hall–Kier alpha value is -2.55. The van der Waals surface area contributed by atoms with Gasteiger partial charge in [-0.25, -0.2) is 4.68 Å². The molecule has 0 aliphatic heterocycles. The lowest BCUT2D eigenvalue weighted by atomic mass is 10.2. The average Bonchev–Trinajstić information content (AvgIpc) is 3.04. The number of halogens is 3. The van der Waals surface area contributed by atoms with Gasteiger partial charge >= 0.3 is 6.18 Å². The molecule has 0 unspecified atom stereocenters. The zero-order valence-corrected chi connectivity index (χ0v) is 14.4. The van der Waals surface area contributed by atoms with Gasteiger partial charge in [-0.3, -0.25) is 0 Å². The highest BCUT2D eigenvalue weighted by Crippen LogP contribution is 2.25. The molecule has 0 aliphatic carbocycles. The van der Waals surface area contributed by atoms with E-state index in [0.717, 1.165) is 27.6 Å². The Morgan fingerprint density at radius 1 is 1.00 bits per heavy atom. The Morgan fingerprint density at radius 2 is 1.77 bits per heavy atom. The molecule has 136 valence electrons. The van der Waals surface area contributed by atoms with Crippen molar-refractivity contribution in [3.8, 4) is 5.75 Å². The maximum absolute atomic E-state index is 12.5. The summed E-state index contributed by atoms with van der Waals surface area (Å²) in [5.74, 6) is 1.13. The number of ether oxygens (including phenoxy) is 1. The van der Waals surface area contributed by atoms with Crippen molar-refractivity contribution in [3.63, 3.8) is 0 Å². The monoisotopic (exact) mass is 380 g/mol. The molecule has 0 atom stereocenters. The molecule has 0 saturated heterocycles. The van der Waals surface area contributed by atoms with Gasteiger partial charge in [0.25, 0.3) is 0 Å². The molecule has 26 heavy (non-hydrogen) atoms. The Bertz CT molecular complexity index is 839. The van der Waals surface area contributed by atoms with E-state index in [1.54, 1.807) is 0 Å². The van der Waals surface area contributed by atoms with Gasteiger partial charge in [0.1, 0.15) is 18.9 Å². The summed E-state index contributed by atoms with van der Waals surface area (Å²) in [7, 11) is 0. The minimum Gasteiger partial charge on any atom is -0.489 e. The molecule has 9 heteroatoms. The molecule has 3 aromatic rings. The van der Waals surface area contributed by atoms with E-state index in [-0.39, 0.29) is 5.16 Å². The summed E-state index contributed by atoms with van der Waals surface area (Å²) in [6.07, 6.45) is -4.37. The maximum Gasteiger partial charge on any atom is 0.408 e. The summed E-state index contributed by atoms with van der Waals surface area (Å²) in [4.78, 5) is 0. The number of thioether (sulfide) groups is 1. The van der Waals surface area contributed by atoms with Crippen molar-refractivity contribution in [2.24, 2.45) is 0 Å². The third kappa shape index (κ3) is 5.48. The van der Waals surface area contributed by atoms with Crippen molar-refractivity contribution in [3.05, 3.63) is 65.7 Å². The molecule has 5 nitrogen and oxygen atoms in total. The van der Waals surface area contributed by atoms with E-state index in [1.165, 1.54) is 0 Å². The summed E-state index contributed by atoms with van der Waals surface area (Å²) in [5.41, 5.74) is 1.96. The van der Waals surface area contributed by atoms with Crippen LogP contribution in [-0.2, 0) is 18.9 Å². The van der Waals surface area contributed by atoms with Gasteiger partial charge in [-0.1, -0.05) is 54.2 Å². The summed E-state index contributed by atoms with van der Waals surface area (Å²) >= 11 is 1.14. The number of nitrogens with zero attached hydrogens (tertiary/aromatic N) is 4. The highest BCUT2D eigenvalue weighted by Gasteiger charge is 2.30. The number of benzene rings is 2. The second-order valence-electron chi connectivity index (χ2n) is 5.44. The van der Waals surface area contributed by atoms with Crippen LogP contribution in [0.3, 0.4) is 0 Å². The van der Waals surface area contributed by atoms with Crippen LogP contribution in [0.15, 0.2) is 59.8 Å². The summed E-state index contributed by atoms with van der Waals surface area (Å²) in [6, 6.07) is 17.2. The first-order chi connectivity index (χ1) is 12.5. The molecule has 0 saturated carbocycles. The maximum atomic E-state index is 12.5. The van der Waals surface area contributed by atoms with E-state index in [1.807, 2.05) is 54.6 Å². The van der Waals surface area contributed by atoms with Crippen molar-refractivity contribution in [1.82, 2.24) is 20.2 Å². The molecule has 0 spiro atoms. The van der Waals surface area contributed by atoms with Gasteiger partial charge in [0, 0.05) is 5.75 Å². The van der Waals surface area contributed by atoms with Crippen LogP contribution in [0.5, 0.6) is 5.75 Å². The Morgan fingerprint density at radius 3 is 2.54 bits per heavy atom. The fraction of sp³-hybridized carbons (Fsp3) is 0.235. The molecule has 0 amide bonds. The highest BCUT2D eigenvalue weighted by atomic mass is 32.2. The molecular weight excluding hydrogens is 365 g/mol. The second-order valence-corrected chi connectivity index (χ2v) is 6.39. The third-order valence-electron chi connectivity index (χ3n) is 3.34. The van der Waals surface area contributed by atoms with E-state index >= 15 is 0 Å². The van der Waals surface area contributed by atoms with Crippen LogP contribution < -0.4 is 4.74 Å². The zero-order chi connectivity index (χ0) is 18.4. The Balaban J connectivity index is 1.58. The summed E-state index contributed by atoms with van der Waals surface area (Å²) in [5, 5.41) is 10.5. The standard InChI is InChI=1S/C17H15F3N4OS/c18-17(19,20)12-24-16(21-22-23-24)26-11-14-7-4-8-15(9-14)25-10-13-5-2-1-3-6-13/h1-9H,10-12H2. The van der Waals surface area contributed by atoms with Crippen molar-refractivity contribution in [2.45, 2.75) is 30.2 Å². The second kappa shape index (κ2) is 8.22. The van der Waals surface area contributed by atoms with Gasteiger partial charge in [-0.05, 0) is 33.7 Å². The first kappa shape index (κ1) is 18.2. The van der Waals surface area contributed by atoms with Crippen LogP contribution in [0.4, 0.5) is 13.2 Å². The average molecular weight is 380 g/mol. The van der Waals surface area contributed by atoms with E-state index in [2.05, 4.69) is 15.5 Å². The topological polar surface area (TPSA) is 52.8 Å². The first-order valence-electron chi connectivity index (χ1n) is 7.71. The van der Waals surface area contributed by atoms with Crippen LogP contribution in [0, 0.1) is 0 Å². The smallest absolute Gasteiger partial charge is 0.408 e. The van der Waals surface area contributed by atoms with Crippen LogP contribution in [0.2, 0.25) is 0 Å². The van der Waals surface area contributed by atoms with Crippen LogP contribution in [-0.4, -0.2) is 26.4 Å². The fourth-order valence-electron chi connectivity index (χ4n) is 2.18. The predicted octanol–water partition coefficient (Wildman–Crippen LogP) is 4.11. The normalized spacial score (nSPS) is 11.5. The molecular formula is C17H15F3N4OS. The minimum atomic E-state index is -4.37. The van der Waals surface area contributed by atoms with Crippen molar-refractivity contribution in [2.75, 3.05) is 0 Å². The number of hydrogen-bond donors (Lipinski definition) is 0. The van der Waals surface area contributed by atoms with Crippen LogP contribution in [0.25, 0.3) is 0 Å². The van der Waals surface area contributed by atoms with E-state index in [0.29, 0.717) is 18.1 Å². The SMILES string of the molecule is FC(F)(F)Cn1nnnc1SCc1cccc(OCc2ccccc2)c1. The molecule has 0 fully saturated rings. The molecule has 2 aromatic carbocycles. The van der Waals surface area contributed by atoms with Crippen LogP contribution >= 0.6 is 11.8 Å². The number of alkyl halides is 3. The minimum absolute atomic E-state index is 0.123.